The molecule has 1 saturated heterocycles. The lowest BCUT2D eigenvalue weighted by Crippen LogP contribution is -2.27. The van der Waals surface area contributed by atoms with Crippen molar-refractivity contribution < 1.29 is 14.3 Å². The molecule has 3 aromatic rings. The van der Waals surface area contributed by atoms with Gasteiger partial charge in [-0.05, 0) is 31.9 Å². The van der Waals surface area contributed by atoms with Crippen molar-refractivity contribution in [1.82, 2.24) is 19.5 Å². The molecule has 2 N–H and O–H groups in total. The SMILES string of the molecule is CC1(C)O[C@@H]2[C@H](O1)C(C=O)C[C@H]2n1cc(-c2nccs2)c2c(N)nc(Cl)nc21. The molecule has 1 aliphatic carbocycles. The van der Waals surface area contributed by atoms with Crippen LogP contribution >= 0.6 is 22.9 Å². The lowest BCUT2D eigenvalue weighted by molar-refractivity contribution is -0.160. The van der Waals surface area contributed by atoms with Crippen molar-refractivity contribution >= 4 is 46.1 Å². The number of aromatic nitrogens is 4. The number of halogens is 1. The summed E-state index contributed by atoms with van der Waals surface area (Å²) in [5.74, 6) is -0.710. The van der Waals surface area contributed by atoms with Gasteiger partial charge in [0.05, 0.1) is 17.5 Å². The van der Waals surface area contributed by atoms with Gasteiger partial charge in [0.15, 0.2) is 5.79 Å². The topological polar surface area (TPSA) is 105 Å². The van der Waals surface area contributed by atoms with Crippen molar-refractivity contribution in [1.29, 1.82) is 0 Å². The van der Waals surface area contributed by atoms with Gasteiger partial charge < -0.3 is 24.6 Å². The van der Waals surface area contributed by atoms with Crippen LogP contribution in [0.2, 0.25) is 5.28 Å². The average molecular weight is 420 g/mol. The van der Waals surface area contributed by atoms with Crippen LogP contribution in [0.15, 0.2) is 17.8 Å². The molecule has 10 heteroatoms. The fourth-order valence-electron chi connectivity index (χ4n) is 4.32. The van der Waals surface area contributed by atoms with E-state index in [0.29, 0.717) is 23.3 Å². The molecule has 1 saturated carbocycles. The summed E-state index contributed by atoms with van der Waals surface area (Å²) in [5.41, 5.74) is 7.63. The molecule has 0 spiro atoms. The first-order valence-electron chi connectivity index (χ1n) is 8.92. The van der Waals surface area contributed by atoms with Crippen molar-refractivity contribution in [2.75, 3.05) is 5.73 Å². The van der Waals surface area contributed by atoms with Crippen LogP contribution in [0.5, 0.6) is 0 Å². The molecule has 28 heavy (non-hydrogen) atoms. The number of aldehydes is 1. The first-order valence-corrected chi connectivity index (χ1v) is 10.2. The molecule has 0 radical (unpaired) electrons. The Bertz CT molecular complexity index is 1070. The van der Waals surface area contributed by atoms with E-state index in [1.165, 1.54) is 11.3 Å². The predicted octanol–water partition coefficient (Wildman–Crippen LogP) is 3.07. The molecule has 1 aliphatic heterocycles. The third kappa shape index (κ3) is 2.65. The zero-order valence-electron chi connectivity index (χ0n) is 15.2. The normalized spacial score (nSPS) is 28.7. The summed E-state index contributed by atoms with van der Waals surface area (Å²) in [6, 6.07) is -0.149. The third-order valence-corrected chi connectivity index (χ3v) is 6.32. The number of anilines is 1. The Morgan fingerprint density at radius 1 is 1.36 bits per heavy atom. The highest BCUT2D eigenvalue weighted by molar-refractivity contribution is 7.13. The molecule has 2 aliphatic rings. The highest BCUT2D eigenvalue weighted by atomic mass is 35.5. The fraction of sp³-hybridized carbons (Fsp3) is 0.444. The number of hydrogen-bond acceptors (Lipinski definition) is 8. The summed E-state index contributed by atoms with van der Waals surface area (Å²) in [6.45, 7) is 3.71. The van der Waals surface area contributed by atoms with E-state index < -0.39 is 5.79 Å². The molecule has 146 valence electrons. The average Bonchev–Trinajstić information content (AvgIpc) is 3.36. The van der Waals surface area contributed by atoms with Gasteiger partial charge in [0.2, 0.25) is 5.28 Å². The molecule has 4 heterocycles. The van der Waals surface area contributed by atoms with Crippen molar-refractivity contribution in [3.8, 4) is 10.6 Å². The van der Waals surface area contributed by atoms with Crippen LogP contribution in [-0.2, 0) is 14.3 Å². The van der Waals surface area contributed by atoms with Crippen LogP contribution in [0.25, 0.3) is 21.6 Å². The first kappa shape index (κ1) is 18.0. The van der Waals surface area contributed by atoms with Crippen molar-refractivity contribution in [2.24, 2.45) is 5.92 Å². The smallest absolute Gasteiger partial charge is 0.226 e. The largest absolute Gasteiger partial charge is 0.383 e. The monoisotopic (exact) mass is 419 g/mol. The van der Waals surface area contributed by atoms with E-state index in [2.05, 4.69) is 15.0 Å². The van der Waals surface area contributed by atoms with Crippen molar-refractivity contribution in [3.63, 3.8) is 0 Å². The number of carbonyl (C=O) groups excluding carboxylic acids is 1. The van der Waals surface area contributed by atoms with Gasteiger partial charge in [-0.3, -0.25) is 0 Å². The van der Waals surface area contributed by atoms with Crippen LogP contribution in [0, 0.1) is 5.92 Å². The molecular weight excluding hydrogens is 402 g/mol. The Morgan fingerprint density at radius 2 is 2.14 bits per heavy atom. The quantitative estimate of drug-likeness (QED) is 0.513. The van der Waals surface area contributed by atoms with E-state index in [1.54, 1.807) is 6.20 Å². The standard InChI is InChI=1S/C18H18ClN5O3S/c1-18(2)26-12-8(7-25)5-10(13(12)27-18)24-6-9(16-21-3-4-28-16)11-14(20)22-17(19)23-15(11)24/h3-4,6-8,10,12-13H,5H2,1-2H3,(H2,20,22,23)/t8?,10-,12-,13+/m1/s1. The number of thiazole rings is 1. The lowest BCUT2D eigenvalue weighted by Gasteiger charge is -2.23. The van der Waals surface area contributed by atoms with Gasteiger partial charge in [0.1, 0.15) is 28.9 Å². The zero-order chi connectivity index (χ0) is 19.6. The molecule has 1 unspecified atom stereocenters. The van der Waals surface area contributed by atoms with Gasteiger partial charge >= 0.3 is 0 Å². The van der Waals surface area contributed by atoms with Gasteiger partial charge in [-0.1, -0.05) is 0 Å². The molecule has 0 bridgehead atoms. The third-order valence-electron chi connectivity index (χ3n) is 5.35. The number of fused-ring (bicyclic) bond motifs is 2. The zero-order valence-corrected chi connectivity index (χ0v) is 16.8. The van der Waals surface area contributed by atoms with Crippen LogP contribution in [-0.4, -0.2) is 43.8 Å². The Morgan fingerprint density at radius 3 is 2.86 bits per heavy atom. The Balaban J connectivity index is 1.70. The van der Waals surface area contributed by atoms with Crippen LogP contribution in [0.3, 0.4) is 0 Å². The number of nitrogen functional groups attached to an aromatic ring is 1. The lowest BCUT2D eigenvalue weighted by atomic mass is 10.1. The number of carbonyl (C=O) groups is 1. The highest BCUT2D eigenvalue weighted by Crippen LogP contribution is 2.48. The van der Waals surface area contributed by atoms with Gasteiger partial charge in [0, 0.05) is 29.3 Å². The Hall–Kier alpha value is -2.07. The number of ether oxygens (including phenoxy) is 2. The summed E-state index contributed by atoms with van der Waals surface area (Å²) in [5, 5.41) is 3.48. The number of nitrogens with two attached hydrogens (primary N) is 1. The van der Waals surface area contributed by atoms with E-state index in [9.17, 15) is 4.79 Å². The van der Waals surface area contributed by atoms with Gasteiger partial charge in [-0.15, -0.1) is 11.3 Å². The van der Waals surface area contributed by atoms with E-state index >= 15 is 0 Å². The van der Waals surface area contributed by atoms with Crippen LogP contribution < -0.4 is 5.73 Å². The van der Waals surface area contributed by atoms with Crippen molar-refractivity contribution in [2.45, 2.75) is 44.3 Å². The summed E-state index contributed by atoms with van der Waals surface area (Å²) < 4.78 is 14.2. The maximum atomic E-state index is 11.7. The second-order valence-electron chi connectivity index (χ2n) is 7.53. The molecule has 3 aromatic heterocycles. The van der Waals surface area contributed by atoms with E-state index in [-0.39, 0.29) is 29.5 Å². The molecule has 0 amide bonds. The van der Waals surface area contributed by atoms with Crippen molar-refractivity contribution in [3.05, 3.63) is 23.1 Å². The fourth-order valence-corrected chi connectivity index (χ4v) is 5.14. The molecule has 2 fully saturated rings. The number of hydrogen-bond donors (Lipinski definition) is 1. The molecule has 4 atom stereocenters. The van der Waals surface area contributed by atoms with Gasteiger partial charge in [0.25, 0.3) is 0 Å². The first-order chi connectivity index (χ1) is 13.4. The van der Waals surface area contributed by atoms with Crippen LogP contribution in [0.1, 0.15) is 26.3 Å². The minimum Gasteiger partial charge on any atom is -0.383 e. The molecule has 0 aromatic carbocycles. The minimum atomic E-state index is -0.748. The van der Waals surface area contributed by atoms with Crippen LogP contribution in [0.4, 0.5) is 5.82 Å². The highest BCUT2D eigenvalue weighted by Gasteiger charge is 2.54. The summed E-state index contributed by atoms with van der Waals surface area (Å²) in [6.07, 6.45) is 4.64. The molecule has 5 rings (SSSR count). The van der Waals surface area contributed by atoms with E-state index in [1.807, 2.05) is 30.0 Å². The second kappa shape index (κ2) is 6.21. The van der Waals surface area contributed by atoms with E-state index in [0.717, 1.165) is 16.9 Å². The maximum Gasteiger partial charge on any atom is 0.226 e. The summed E-state index contributed by atoms with van der Waals surface area (Å²) in [4.78, 5) is 24.7. The number of rotatable bonds is 3. The Kier molecular flexibility index (Phi) is 3.99. The van der Waals surface area contributed by atoms with Gasteiger partial charge in [-0.25, -0.2) is 9.97 Å². The second-order valence-corrected chi connectivity index (χ2v) is 8.76. The summed E-state index contributed by atoms with van der Waals surface area (Å²) >= 11 is 7.61. The maximum absolute atomic E-state index is 11.7. The molecule has 8 nitrogen and oxygen atoms in total. The van der Waals surface area contributed by atoms with E-state index in [4.69, 9.17) is 26.8 Å². The summed E-state index contributed by atoms with van der Waals surface area (Å²) in [7, 11) is 0. The van der Waals surface area contributed by atoms with Gasteiger partial charge in [-0.2, -0.15) is 4.98 Å². The molecular formula is C18H18ClN5O3S. The Labute approximate surface area is 169 Å². The predicted molar refractivity (Wildman–Crippen MR) is 105 cm³/mol. The minimum absolute atomic E-state index is 0.0699. The number of nitrogens with zero attached hydrogens (tertiary/aromatic N) is 4.